The second-order valence-corrected chi connectivity index (χ2v) is 8.05. The zero-order valence-electron chi connectivity index (χ0n) is 11.2. The van der Waals surface area contributed by atoms with Crippen LogP contribution in [0.5, 0.6) is 0 Å². The lowest BCUT2D eigenvalue weighted by Gasteiger charge is -2.07. The molecule has 0 aromatic heterocycles. The van der Waals surface area contributed by atoms with Gasteiger partial charge in [-0.1, -0.05) is 26.2 Å². The van der Waals surface area contributed by atoms with Crippen LogP contribution in [0.25, 0.3) is 0 Å². The number of hydrogen-bond donors (Lipinski definition) is 2. The molecule has 0 heterocycles. The van der Waals surface area contributed by atoms with Gasteiger partial charge in [-0.25, -0.2) is 8.42 Å². The van der Waals surface area contributed by atoms with Gasteiger partial charge in [0, 0.05) is 0 Å². The van der Waals surface area contributed by atoms with Crippen LogP contribution in [-0.2, 0) is 20.0 Å². The summed E-state index contributed by atoms with van der Waals surface area (Å²) in [6, 6.07) is 3.32. The minimum absolute atomic E-state index is 0.0537. The molecule has 114 valence electrons. The number of sulfone groups is 1. The van der Waals surface area contributed by atoms with Gasteiger partial charge in [-0.05, 0) is 24.6 Å². The first-order valence-corrected chi connectivity index (χ1v) is 9.37. The molecule has 1 aromatic carbocycles. The number of anilines is 1. The zero-order chi connectivity index (χ0) is 15.4. The fourth-order valence-electron chi connectivity index (χ4n) is 1.77. The summed E-state index contributed by atoms with van der Waals surface area (Å²) in [7, 11) is -8.11. The number of hydrogen-bond acceptors (Lipinski definition) is 5. The van der Waals surface area contributed by atoms with Crippen molar-refractivity contribution in [3.63, 3.8) is 0 Å². The van der Waals surface area contributed by atoms with E-state index in [1.54, 1.807) is 0 Å². The number of rotatable bonds is 7. The van der Waals surface area contributed by atoms with E-state index in [0.717, 1.165) is 25.3 Å². The Kier molecular flexibility index (Phi) is 5.55. The maximum atomic E-state index is 12.1. The van der Waals surface area contributed by atoms with E-state index in [9.17, 15) is 16.8 Å². The van der Waals surface area contributed by atoms with E-state index in [4.69, 9.17) is 10.3 Å². The third-order valence-corrected chi connectivity index (χ3v) is 5.60. The highest BCUT2D eigenvalue weighted by atomic mass is 32.2. The van der Waals surface area contributed by atoms with Gasteiger partial charge in [-0.15, -0.1) is 0 Å². The average molecular weight is 321 g/mol. The van der Waals surface area contributed by atoms with E-state index in [-0.39, 0.29) is 16.3 Å². The first kappa shape index (κ1) is 16.9. The molecule has 0 radical (unpaired) electrons. The Labute approximate surface area is 119 Å². The van der Waals surface area contributed by atoms with Crippen molar-refractivity contribution in [2.24, 2.45) is 0 Å². The molecule has 0 aliphatic carbocycles. The Bertz CT molecular complexity index is 665. The van der Waals surface area contributed by atoms with Crippen molar-refractivity contribution >= 4 is 25.6 Å². The SMILES string of the molecule is CCCCCCS(=O)(=O)c1ccc(N)c(S(=O)(=O)O)c1. The van der Waals surface area contributed by atoms with E-state index in [1.807, 2.05) is 6.92 Å². The topological polar surface area (TPSA) is 115 Å². The van der Waals surface area contributed by atoms with Gasteiger partial charge in [0.15, 0.2) is 9.84 Å². The molecule has 8 heteroatoms. The molecular weight excluding hydrogens is 302 g/mol. The third kappa shape index (κ3) is 4.46. The average Bonchev–Trinajstić information content (AvgIpc) is 2.33. The van der Waals surface area contributed by atoms with Gasteiger partial charge in [0.25, 0.3) is 10.1 Å². The molecule has 0 bridgehead atoms. The smallest absolute Gasteiger partial charge is 0.296 e. The van der Waals surface area contributed by atoms with Gasteiger partial charge in [0.2, 0.25) is 0 Å². The van der Waals surface area contributed by atoms with Crippen LogP contribution in [0.15, 0.2) is 28.0 Å². The van der Waals surface area contributed by atoms with Crippen LogP contribution < -0.4 is 5.73 Å². The molecule has 0 amide bonds. The summed E-state index contributed by atoms with van der Waals surface area (Å²) in [6.45, 7) is 2.02. The summed E-state index contributed by atoms with van der Waals surface area (Å²) in [5, 5.41) is 0. The van der Waals surface area contributed by atoms with Crippen molar-refractivity contribution in [1.82, 2.24) is 0 Å². The van der Waals surface area contributed by atoms with Gasteiger partial charge in [-0.3, -0.25) is 4.55 Å². The summed E-state index contributed by atoms with van der Waals surface area (Å²) in [4.78, 5) is -0.719. The second kappa shape index (κ2) is 6.55. The zero-order valence-corrected chi connectivity index (χ0v) is 12.9. The number of benzene rings is 1. The van der Waals surface area contributed by atoms with Gasteiger partial charge in [-0.2, -0.15) is 8.42 Å². The highest BCUT2D eigenvalue weighted by molar-refractivity contribution is 7.91. The van der Waals surface area contributed by atoms with Gasteiger partial charge < -0.3 is 5.73 Å². The van der Waals surface area contributed by atoms with E-state index >= 15 is 0 Å². The van der Waals surface area contributed by atoms with Crippen molar-refractivity contribution in [2.75, 3.05) is 11.5 Å². The maximum absolute atomic E-state index is 12.1. The molecule has 1 rings (SSSR count). The molecule has 0 atom stereocenters. The number of nitrogen functional groups attached to an aromatic ring is 1. The van der Waals surface area contributed by atoms with Gasteiger partial charge in [0.1, 0.15) is 4.90 Å². The van der Waals surface area contributed by atoms with Crippen LogP contribution >= 0.6 is 0 Å². The van der Waals surface area contributed by atoms with E-state index < -0.39 is 24.9 Å². The summed E-state index contributed by atoms with van der Waals surface area (Å²) in [5.74, 6) is -0.0537. The Hall–Kier alpha value is -1.12. The monoisotopic (exact) mass is 321 g/mol. The quantitative estimate of drug-likeness (QED) is 0.450. The number of nitrogens with two attached hydrogens (primary N) is 1. The van der Waals surface area contributed by atoms with Gasteiger partial charge >= 0.3 is 0 Å². The van der Waals surface area contributed by atoms with Crippen LogP contribution in [-0.4, -0.2) is 27.1 Å². The van der Waals surface area contributed by atoms with E-state index in [0.29, 0.717) is 6.42 Å². The molecule has 0 fully saturated rings. The van der Waals surface area contributed by atoms with Crippen molar-refractivity contribution in [1.29, 1.82) is 0 Å². The molecule has 20 heavy (non-hydrogen) atoms. The largest absolute Gasteiger partial charge is 0.398 e. The highest BCUT2D eigenvalue weighted by Crippen LogP contribution is 2.23. The molecule has 0 saturated heterocycles. The third-order valence-electron chi connectivity index (χ3n) is 2.89. The fraction of sp³-hybridized carbons (Fsp3) is 0.500. The van der Waals surface area contributed by atoms with Crippen LogP contribution in [0.1, 0.15) is 32.6 Å². The van der Waals surface area contributed by atoms with Crippen LogP contribution in [0.4, 0.5) is 5.69 Å². The van der Waals surface area contributed by atoms with Crippen molar-refractivity contribution in [3.8, 4) is 0 Å². The van der Waals surface area contributed by atoms with Crippen LogP contribution in [0, 0.1) is 0 Å². The molecule has 0 aliphatic rings. The first-order valence-electron chi connectivity index (χ1n) is 6.28. The fourth-order valence-corrected chi connectivity index (χ4v) is 3.88. The molecule has 0 aliphatic heterocycles. The Morgan fingerprint density at radius 1 is 1.10 bits per heavy atom. The lowest BCUT2D eigenvalue weighted by Crippen LogP contribution is -2.10. The molecular formula is C12H19NO5S2. The molecule has 0 saturated carbocycles. The summed E-state index contributed by atoms with van der Waals surface area (Å²) < 4.78 is 55.4. The minimum Gasteiger partial charge on any atom is -0.398 e. The molecule has 0 spiro atoms. The predicted octanol–water partition coefficient (Wildman–Crippen LogP) is 1.87. The normalized spacial score (nSPS) is 12.5. The highest BCUT2D eigenvalue weighted by Gasteiger charge is 2.20. The summed E-state index contributed by atoms with van der Waals surface area (Å²) >= 11 is 0. The molecule has 6 nitrogen and oxygen atoms in total. The summed E-state index contributed by atoms with van der Waals surface area (Å²) in [6.07, 6.45) is 3.26. The Morgan fingerprint density at radius 2 is 1.75 bits per heavy atom. The summed E-state index contributed by atoms with van der Waals surface area (Å²) in [5.41, 5.74) is 5.24. The van der Waals surface area contributed by atoms with Crippen LogP contribution in [0.3, 0.4) is 0 Å². The standard InChI is InChI=1S/C12H19NO5S2/c1-2-3-4-5-8-19(14,15)10-6-7-11(13)12(9-10)20(16,17)18/h6-7,9H,2-5,8,13H2,1H3,(H,16,17,18). The number of unbranched alkanes of at least 4 members (excludes halogenated alkanes) is 3. The van der Waals surface area contributed by atoms with Crippen LogP contribution in [0.2, 0.25) is 0 Å². The lowest BCUT2D eigenvalue weighted by atomic mass is 10.2. The van der Waals surface area contributed by atoms with Crippen molar-refractivity contribution in [2.45, 2.75) is 42.4 Å². The van der Waals surface area contributed by atoms with E-state index in [2.05, 4.69) is 0 Å². The maximum Gasteiger partial charge on any atom is 0.296 e. The lowest BCUT2D eigenvalue weighted by molar-refractivity contribution is 0.483. The molecule has 0 unspecified atom stereocenters. The van der Waals surface area contributed by atoms with E-state index in [1.165, 1.54) is 12.1 Å². The first-order chi connectivity index (χ1) is 9.18. The minimum atomic E-state index is -4.53. The Balaban J connectivity index is 3.02. The predicted molar refractivity (Wildman–Crippen MR) is 76.9 cm³/mol. The molecule has 3 N–H and O–H groups in total. The van der Waals surface area contributed by atoms with Gasteiger partial charge in [0.05, 0.1) is 16.3 Å². The van der Waals surface area contributed by atoms with Crippen molar-refractivity contribution < 1.29 is 21.4 Å². The Morgan fingerprint density at radius 3 is 2.30 bits per heavy atom. The second-order valence-electron chi connectivity index (χ2n) is 4.55. The van der Waals surface area contributed by atoms with Crippen molar-refractivity contribution in [3.05, 3.63) is 18.2 Å². The molecule has 1 aromatic rings.